The van der Waals surface area contributed by atoms with Crippen molar-refractivity contribution in [2.45, 2.75) is 174 Å². The van der Waals surface area contributed by atoms with Crippen LogP contribution in [0.1, 0.15) is 162 Å². The Morgan fingerprint density at radius 1 is 0.484 bits per heavy atom. The third-order valence-electron chi connectivity index (χ3n) is 9.88. The minimum absolute atomic E-state index is 0.00162. The van der Waals surface area contributed by atoms with Gasteiger partial charge in [0.1, 0.15) is 12.6 Å². The van der Waals surface area contributed by atoms with E-state index < -0.39 is 18.1 Å². The molecule has 0 saturated heterocycles. The predicted octanol–water partition coefficient (Wildman–Crippen LogP) is 12.3. The van der Waals surface area contributed by atoms with Crippen molar-refractivity contribution >= 4 is 17.9 Å². The van der Waals surface area contributed by atoms with E-state index in [4.69, 9.17) is 14.2 Å². The average Bonchev–Trinajstić information content (AvgIpc) is 3.23. The number of rotatable bonds is 41. The molecule has 0 rings (SSSR count). The number of hydrogen-bond donors (Lipinski definition) is 0. The largest absolute Gasteiger partial charge is 0.544 e. The maximum Gasteiger partial charge on any atom is 0.306 e. The van der Waals surface area contributed by atoms with Crippen LogP contribution < -0.4 is 5.11 Å². The van der Waals surface area contributed by atoms with E-state index in [2.05, 4.69) is 123 Å². The Morgan fingerprint density at radius 2 is 0.855 bits per heavy atom. The number of aliphatic carboxylic acids is 1. The summed E-state index contributed by atoms with van der Waals surface area (Å²) in [6.45, 7) is 4.48. The maximum atomic E-state index is 12.7. The van der Waals surface area contributed by atoms with Gasteiger partial charge in [-0.1, -0.05) is 149 Å². The summed E-state index contributed by atoms with van der Waals surface area (Å²) in [6, 6.07) is -0.749. The summed E-state index contributed by atoms with van der Waals surface area (Å²) in [5, 5.41) is 11.6. The highest BCUT2D eigenvalue weighted by molar-refractivity contribution is 5.70. The molecule has 350 valence electrons. The van der Waals surface area contributed by atoms with Gasteiger partial charge in [0.15, 0.2) is 6.10 Å². The van der Waals surface area contributed by atoms with Crippen LogP contribution in [0.25, 0.3) is 0 Å². The van der Waals surface area contributed by atoms with E-state index in [9.17, 15) is 19.5 Å². The molecule has 0 aromatic carbocycles. The first-order chi connectivity index (χ1) is 30.1. The van der Waals surface area contributed by atoms with E-state index in [1.807, 2.05) is 0 Å². The smallest absolute Gasteiger partial charge is 0.306 e. The zero-order valence-corrected chi connectivity index (χ0v) is 39.7. The highest BCUT2D eigenvalue weighted by Crippen LogP contribution is 2.11. The van der Waals surface area contributed by atoms with Gasteiger partial charge >= 0.3 is 11.9 Å². The summed E-state index contributed by atoms with van der Waals surface area (Å²) in [4.78, 5) is 36.9. The monoisotopic (exact) mass is 862 g/mol. The van der Waals surface area contributed by atoms with Gasteiger partial charge in [0.05, 0.1) is 40.3 Å². The molecule has 0 heterocycles. The molecule has 0 fully saturated rings. The topological polar surface area (TPSA) is 102 Å². The summed E-state index contributed by atoms with van der Waals surface area (Å²) in [6.07, 6.45) is 59.8. The van der Waals surface area contributed by atoms with Gasteiger partial charge in [0, 0.05) is 19.3 Å². The quantitative estimate of drug-likeness (QED) is 0.0261. The fraction of sp³-hybridized carbons (Fsp3) is 0.611. The van der Waals surface area contributed by atoms with Crippen molar-refractivity contribution in [3.8, 4) is 0 Å². The number of likely N-dealkylation sites (N-methyl/N-ethyl adjacent to an activating group) is 1. The number of unbranched alkanes of at least 4 members (excludes halogenated alkanes) is 9. The molecular formula is C54H87NO7. The van der Waals surface area contributed by atoms with Crippen LogP contribution in [-0.2, 0) is 28.6 Å². The summed E-state index contributed by atoms with van der Waals surface area (Å²) < 4.78 is 17.1. The molecular weight excluding hydrogens is 775 g/mol. The molecule has 0 spiro atoms. The molecule has 2 unspecified atom stereocenters. The number of quaternary nitrogens is 1. The molecule has 2 atom stereocenters. The van der Waals surface area contributed by atoms with Crippen LogP contribution in [0.15, 0.2) is 109 Å². The van der Waals surface area contributed by atoms with Crippen LogP contribution in [0, 0.1) is 0 Å². The second-order valence-corrected chi connectivity index (χ2v) is 16.6. The standard InChI is InChI=1S/C54H87NO7/c1-6-8-10-12-14-16-18-20-22-24-25-26-27-29-31-33-35-37-39-41-43-45-53(57)62-50(48-60-47-46-51(54(58)59)55(3,4)5)49-61-52(56)44-42-40-38-36-34-32-30-28-23-21-19-17-15-13-11-9-7-2/h14-17,20-23,25-26,29-32,35-38,50-51H,6-13,18-19,24,27-28,33-34,39-49H2,1-5H3/b16-14+,17-15+,22-20+,23-21+,26-25+,31-29+,32-30+,37-35+,38-36+. The van der Waals surface area contributed by atoms with Crippen molar-refractivity contribution in [2.24, 2.45) is 0 Å². The second kappa shape index (κ2) is 43.6. The third kappa shape index (κ3) is 41.3. The van der Waals surface area contributed by atoms with Gasteiger partial charge in [-0.25, -0.2) is 0 Å². The predicted molar refractivity (Wildman–Crippen MR) is 258 cm³/mol. The van der Waals surface area contributed by atoms with Crippen LogP contribution in [0.4, 0.5) is 0 Å². The molecule has 0 bridgehead atoms. The summed E-state index contributed by atoms with van der Waals surface area (Å²) in [5.41, 5.74) is 0. The lowest BCUT2D eigenvalue weighted by atomic mass is 10.1. The average molecular weight is 862 g/mol. The highest BCUT2D eigenvalue weighted by atomic mass is 16.6. The zero-order chi connectivity index (χ0) is 45.6. The fourth-order valence-electron chi connectivity index (χ4n) is 6.14. The molecule has 0 aliphatic rings. The van der Waals surface area contributed by atoms with Crippen molar-refractivity contribution in [2.75, 3.05) is 41.0 Å². The molecule has 0 aromatic heterocycles. The number of ether oxygens (including phenoxy) is 3. The van der Waals surface area contributed by atoms with Crippen LogP contribution in [0.3, 0.4) is 0 Å². The van der Waals surface area contributed by atoms with Gasteiger partial charge in [0.25, 0.3) is 0 Å². The van der Waals surface area contributed by atoms with E-state index in [1.165, 1.54) is 51.4 Å². The molecule has 62 heavy (non-hydrogen) atoms. The Labute approximate surface area is 378 Å². The van der Waals surface area contributed by atoms with Crippen molar-refractivity contribution in [3.63, 3.8) is 0 Å². The van der Waals surface area contributed by atoms with Gasteiger partial charge in [-0.15, -0.1) is 0 Å². The van der Waals surface area contributed by atoms with Gasteiger partial charge in [-0.05, 0) is 103 Å². The number of carboxylic acid groups (broad SMARTS) is 1. The third-order valence-corrected chi connectivity index (χ3v) is 9.88. The first-order valence-corrected chi connectivity index (χ1v) is 23.9. The number of carbonyl (C=O) groups is 3. The number of allylic oxidation sites excluding steroid dienone is 18. The molecule has 8 nitrogen and oxygen atoms in total. The van der Waals surface area contributed by atoms with Crippen molar-refractivity contribution in [3.05, 3.63) is 109 Å². The molecule has 0 saturated carbocycles. The summed E-state index contributed by atoms with van der Waals surface area (Å²) in [5.74, 6) is -1.88. The van der Waals surface area contributed by atoms with E-state index in [1.54, 1.807) is 21.1 Å². The second-order valence-electron chi connectivity index (χ2n) is 16.6. The molecule has 0 amide bonds. The molecule has 0 aliphatic carbocycles. The maximum absolute atomic E-state index is 12.7. The van der Waals surface area contributed by atoms with E-state index in [0.29, 0.717) is 12.8 Å². The van der Waals surface area contributed by atoms with E-state index in [0.717, 1.165) is 64.2 Å². The first-order valence-electron chi connectivity index (χ1n) is 23.9. The fourth-order valence-corrected chi connectivity index (χ4v) is 6.14. The number of carboxylic acids is 1. The zero-order valence-electron chi connectivity index (χ0n) is 39.7. The highest BCUT2D eigenvalue weighted by Gasteiger charge is 2.25. The minimum Gasteiger partial charge on any atom is -0.544 e. The number of nitrogens with zero attached hydrogens (tertiary/aromatic N) is 1. The summed E-state index contributed by atoms with van der Waals surface area (Å²) >= 11 is 0. The van der Waals surface area contributed by atoms with Gasteiger partial charge in [-0.2, -0.15) is 0 Å². The van der Waals surface area contributed by atoms with Gasteiger partial charge < -0.3 is 28.6 Å². The van der Waals surface area contributed by atoms with Crippen molar-refractivity contribution < 1.29 is 38.2 Å². The Morgan fingerprint density at radius 3 is 1.24 bits per heavy atom. The van der Waals surface area contributed by atoms with Crippen LogP contribution in [0.5, 0.6) is 0 Å². The van der Waals surface area contributed by atoms with Crippen LogP contribution in [0.2, 0.25) is 0 Å². The lowest BCUT2D eigenvalue weighted by Crippen LogP contribution is -2.55. The van der Waals surface area contributed by atoms with Crippen molar-refractivity contribution in [1.82, 2.24) is 0 Å². The van der Waals surface area contributed by atoms with E-state index >= 15 is 0 Å². The van der Waals surface area contributed by atoms with Crippen LogP contribution in [-0.4, -0.2) is 75.5 Å². The molecule has 0 aromatic rings. The Kier molecular flexibility index (Phi) is 40.8. The lowest BCUT2D eigenvalue weighted by Gasteiger charge is -2.34. The molecule has 8 heteroatoms. The lowest BCUT2D eigenvalue weighted by molar-refractivity contribution is -0.889. The minimum atomic E-state index is -1.14. The van der Waals surface area contributed by atoms with E-state index in [-0.39, 0.29) is 55.5 Å². The molecule has 0 N–H and O–H groups in total. The van der Waals surface area contributed by atoms with Gasteiger partial charge in [0.2, 0.25) is 0 Å². The Hall–Kier alpha value is -4.01. The summed E-state index contributed by atoms with van der Waals surface area (Å²) in [7, 11) is 5.36. The first kappa shape index (κ1) is 58.0. The Balaban J connectivity index is 4.51. The number of esters is 2. The number of carbonyl (C=O) groups excluding carboxylic acids is 3. The normalized spacial score (nSPS) is 13.9. The number of hydrogen-bond acceptors (Lipinski definition) is 7. The molecule has 0 aliphatic heterocycles. The molecule has 0 radical (unpaired) electrons. The van der Waals surface area contributed by atoms with Crippen molar-refractivity contribution in [1.29, 1.82) is 0 Å². The van der Waals surface area contributed by atoms with Crippen LogP contribution >= 0.6 is 0 Å². The SMILES string of the molecule is CCCCC/C=C/C/C=C/C/C=C/C/C=C/C/C=C/CCCCC(=O)OC(COCCC(C(=O)[O-])[N+](C)(C)C)COC(=O)CCC/C=C/C/C=C/C/C=C/C/C=C/CCCCC. The van der Waals surface area contributed by atoms with Gasteiger partial charge in [-0.3, -0.25) is 9.59 Å². The Bertz CT molecular complexity index is 1370.